The minimum atomic E-state index is 0.634. The Labute approximate surface area is 44.2 Å². The lowest BCUT2D eigenvalue weighted by Crippen LogP contribution is -2.21. The molecule has 1 rings (SSSR count). The van der Waals surface area contributed by atoms with Crippen molar-refractivity contribution in [3.8, 4) is 0 Å². The van der Waals surface area contributed by atoms with Crippen LogP contribution in [0.2, 0.25) is 0 Å². The minimum Gasteiger partial charge on any atom is -0.313 e. The van der Waals surface area contributed by atoms with Crippen LogP contribution in [-0.2, 0) is 0 Å². The van der Waals surface area contributed by atoms with E-state index in [1.165, 1.54) is 12.8 Å². The Hall–Kier alpha value is -0.330. The van der Waals surface area contributed by atoms with E-state index in [4.69, 9.17) is 5.41 Å². The highest BCUT2D eigenvalue weighted by atomic mass is 14.4. The van der Waals surface area contributed by atoms with Gasteiger partial charge in [-0.2, -0.15) is 0 Å². The minimum absolute atomic E-state index is 0.634. The smallest absolute Gasteiger partial charge is 0.00165 e. The fourth-order valence-electron chi connectivity index (χ4n) is 1.10. The van der Waals surface area contributed by atoms with Crippen LogP contribution in [0.1, 0.15) is 19.8 Å². The lowest BCUT2D eigenvalue weighted by Gasteiger charge is -2.28. The van der Waals surface area contributed by atoms with Crippen molar-refractivity contribution >= 4 is 6.21 Å². The summed E-state index contributed by atoms with van der Waals surface area (Å²) in [5.41, 5.74) is 0. The number of hydrogen-bond donors (Lipinski definition) is 1. The van der Waals surface area contributed by atoms with Crippen LogP contribution in [0.25, 0.3) is 0 Å². The standard InChI is InChI=1S/C6H11N/c1-5-2-6(3-5)4-7/h4-7H,2-3H2,1H3. The molecule has 0 unspecified atom stereocenters. The molecule has 0 amide bonds. The molecular formula is C6H11N. The number of rotatable bonds is 1. The van der Waals surface area contributed by atoms with E-state index in [1.807, 2.05) is 0 Å². The molecule has 0 aromatic heterocycles. The molecule has 1 aliphatic rings. The molecule has 40 valence electrons. The van der Waals surface area contributed by atoms with Crippen molar-refractivity contribution in [3.63, 3.8) is 0 Å². The van der Waals surface area contributed by atoms with E-state index in [0.717, 1.165) is 5.92 Å². The third-order valence-electron chi connectivity index (χ3n) is 1.65. The molecule has 1 fully saturated rings. The maximum atomic E-state index is 6.82. The first kappa shape index (κ1) is 4.82. The average Bonchev–Trinajstić information content (AvgIpc) is 1.58. The molecule has 0 bridgehead atoms. The SMILES string of the molecule is CC1CC(C=N)C1. The molecule has 0 aromatic rings. The monoisotopic (exact) mass is 97.1 g/mol. The van der Waals surface area contributed by atoms with Crippen LogP contribution in [-0.4, -0.2) is 6.21 Å². The lowest BCUT2D eigenvalue weighted by molar-refractivity contribution is 0.285. The molecule has 1 N–H and O–H groups in total. The van der Waals surface area contributed by atoms with Gasteiger partial charge in [0.2, 0.25) is 0 Å². The van der Waals surface area contributed by atoms with Crippen LogP contribution in [0.15, 0.2) is 0 Å². The van der Waals surface area contributed by atoms with Crippen LogP contribution < -0.4 is 0 Å². The number of nitrogens with one attached hydrogen (secondary N) is 1. The van der Waals surface area contributed by atoms with Crippen molar-refractivity contribution in [1.29, 1.82) is 5.41 Å². The highest BCUT2D eigenvalue weighted by molar-refractivity contribution is 5.58. The Morgan fingerprint density at radius 3 is 2.29 bits per heavy atom. The first-order chi connectivity index (χ1) is 3.33. The summed E-state index contributed by atoms with van der Waals surface area (Å²) >= 11 is 0. The van der Waals surface area contributed by atoms with Gasteiger partial charge in [-0.05, 0) is 30.9 Å². The largest absolute Gasteiger partial charge is 0.313 e. The van der Waals surface area contributed by atoms with Gasteiger partial charge in [-0.1, -0.05) is 6.92 Å². The Morgan fingerprint density at radius 2 is 2.14 bits per heavy atom. The Morgan fingerprint density at radius 1 is 1.57 bits per heavy atom. The molecule has 0 radical (unpaired) electrons. The first-order valence-electron chi connectivity index (χ1n) is 2.83. The van der Waals surface area contributed by atoms with Gasteiger partial charge in [0.15, 0.2) is 0 Å². The molecule has 0 heterocycles. The third-order valence-corrected chi connectivity index (χ3v) is 1.65. The van der Waals surface area contributed by atoms with Crippen LogP contribution in [0.3, 0.4) is 0 Å². The zero-order valence-corrected chi connectivity index (χ0v) is 4.65. The molecule has 7 heavy (non-hydrogen) atoms. The highest BCUT2D eigenvalue weighted by Gasteiger charge is 2.22. The molecule has 1 aliphatic carbocycles. The van der Waals surface area contributed by atoms with E-state index < -0.39 is 0 Å². The molecule has 0 atom stereocenters. The van der Waals surface area contributed by atoms with E-state index in [1.54, 1.807) is 6.21 Å². The summed E-state index contributed by atoms with van der Waals surface area (Å²) in [4.78, 5) is 0. The third kappa shape index (κ3) is 0.817. The van der Waals surface area contributed by atoms with Gasteiger partial charge in [-0.25, -0.2) is 0 Å². The van der Waals surface area contributed by atoms with Gasteiger partial charge in [0, 0.05) is 0 Å². The second-order valence-corrected chi connectivity index (χ2v) is 2.50. The van der Waals surface area contributed by atoms with Crippen LogP contribution in [0, 0.1) is 17.2 Å². The van der Waals surface area contributed by atoms with Crippen molar-refractivity contribution in [2.24, 2.45) is 11.8 Å². The molecule has 0 aromatic carbocycles. The van der Waals surface area contributed by atoms with Gasteiger partial charge in [0.05, 0.1) is 0 Å². The normalized spacial score (nSPS) is 39.6. The fourth-order valence-corrected chi connectivity index (χ4v) is 1.10. The summed E-state index contributed by atoms with van der Waals surface area (Å²) < 4.78 is 0. The summed E-state index contributed by atoms with van der Waals surface area (Å²) in [6.07, 6.45) is 4.08. The van der Waals surface area contributed by atoms with Gasteiger partial charge >= 0.3 is 0 Å². The van der Waals surface area contributed by atoms with E-state index in [2.05, 4.69) is 6.92 Å². The molecule has 0 spiro atoms. The van der Waals surface area contributed by atoms with Crippen molar-refractivity contribution in [1.82, 2.24) is 0 Å². The summed E-state index contributed by atoms with van der Waals surface area (Å²) in [5.74, 6) is 1.53. The van der Waals surface area contributed by atoms with Crippen molar-refractivity contribution in [2.45, 2.75) is 19.8 Å². The summed E-state index contributed by atoms with van der Waals surface area (Å²) in [6.45, 7) is 2.24. The van der Waals surface area contributed by atoms with E-state index in [0.29, 0.717) is 5.92 Å². The lowest BCUT2D eigenvalue weighted by atomic mass is 9.77. The quantitative estimate of drug-likeness (QED) is 0.481. The predicted octanol–water partition coefficient (Wildman–Crippen LogP) is 1.68. The number of hydrogen-bond acceptors (Lipinski definition) is 1. The fraction of sp³-hybridized carbons (Fsp3) is 0.833. The zero-order chi connectivity index (χ0) is 5.28. The van der Waals surface area contributed by atoms with Crippen LogP contribution in [0.4, 0.5) is 0 Å². The van der Waals surface area contributed by atoms with Gasteiger partial charge in [-0.15, -0.1) is 0 Å². The van der Waals surface area contributed by atoms with Crippen LogP contribution >= 0.6 is 0 Å². The zero-order valence-electron chi connectivity index (χ0n) is 4.65. The summed E-state index contributed by atoms with van der Waals surface area (Å²) in [5, 5.41) is 6.82. The predicted molar refractivity (Wildman–Crippen MR) is 30.7 cm³/mol. The Bertz CT molecular complexity index is 72.2. The van der Waals surface area contributed by atoms with E-state index in [-0.39, 0.29) is 0 Å². The first-order valence-corrected chi connectivity index (χ1v) is 2.83. The van der Waals surface area contributed by atoms with Gasteiger partial charge < -0.3 is 5.41 Å². The topological polar surface area (TPSA) is 23.9 Å². The molecule has 1 nitrogen and oxygen atoms in total. The second-order valence-electron chi connectivity index (χ2n) is 2.50. The summed E-state index contributed by atoms with van der Waals surface area (Å²) in [6, 6.07) is 0. The Balaban J connectivity index is 2.17. The van der Waals surface area contributed by atoms with Gasteiger partial charge in [0.25, 0.3) is 0 Å². The second kappa shape index (κ2) is 1.65. The van der Waals surface area contributed by atoms with Gasteiger partial charge in [0.1, 0.15) is 0 Å². The average molecular weight is 97.2 g/mol. The molecule has 1 saturated carbocycles. The molecule has 0 saturated heterocycles. The van der Waals surface area contributed by atoms with Crippen molar-refractivity contribution < 1.29 is 0 Å². The van der Waals surface area contributed by atoms with E-state index >= 15 is 0 Å². The molecule has 1 heteroatoms. The van der Waals surface area contributed by atoms with Gasteiger partial charge in [-0.3, -0.25) is 0 Å². The molecule has 0 aliphatic heterocycles. The molecular weight excluding hydrogens is 86.1 g/mol. The maximum absolute atomic E-state index is 6.82. The van der Waals surface area contributed by atoms with Crippen molar-refractivity contribution in [3.05, 3.63) is 0 Å². The highest BCUT2D eigenvalue weighted by Crippen LogP contribution is 2.30. The van der Waals surface area contributed by atoms with E-state index in [9.17, 15) is 0 Å². The van der Waals surface area contributed by atoms with Crippen molar-refractivity contribution in [2.75, 3.05) is 0 Å². The Kier molecular flexibility index (Phi) is 1.13. The maximum Gasteiger partial charge on any atom is -0.00165 e. The van der Waals surface area contributed by atoms with Crippen LogP contribution in [0.5, 0.6) is 0 Å². The summed E-state index contributed by atoms with van der Waals surface area (Å²) in [7, 11) is 0.